The van der Waals surface area contributed by atoms with Gasteiger partial charge in [0.05, 0.1) is 6.10 Å². The second-order valence-corrected chi connectivity index (χ2v) is 4.79. The lowest BCUT2D eigenvalue weighted by atomic mass is 9.58. The molecule has 0 amide bonds. The molecule has 68 valence electrons. The number of fused-ring (bicyclic) bond motifs is 2. The molecule has 5 atom stereocenters. The van der Waals surface area contributed by atoms with E-state index in [1.807, 2.05) is 0 Å². The van der Waals surface area contributed by atoms with Gasteiger partial charge in [0.2, 0.25) is 0 Å². The second-order valence-electron chi connectivity index (χ2n) is 4.79. The molecular weight excluding hydrogens is 150 g/mol. The molecule has 0 spiro atoms. The minimum Gasteiger partial charge on any atom is -0.393 e. The smallest absolute Gasteiger partial charge is 0.0574 e. The summed E-state index contributed by atoms with van der Waals surface area (Å²) in [5.74, 6) is 3.19. The van der Waals surface area contributed by atoms with Crippen LogP contribution in [0.3, 0.4) is 0 Å². The normalized spacial score (nSPS) is 57.2. The Labute approximate surface area is 73.4 Å². The Bertz CT molecular complexity index is 194. The van der Waals surface area contributed by atoms with E-state index in [2.05, 4.69) is 5.32 Å². The molecular formula is C10H17NO. The van der Waals surface area contributed by atoms with Crippen LogP contribution in [0, 0.1) is 23.7 Å². The largest absolute Gasteiger partial charge is 0.393 e. The maximum Gasteiger partial charge on any atom is 0.0574 e. The van der Waals surface area contributed by atoms with Gasteiger partial charge in [-0.1, -0.05) is 0 Å². The van der Waals surface area contributed by atoms with Gasteiger partial charge in [-0.3, -0.25) is 0 Å². The fraction of sp³-hybridized carbons (Fsp3) is 1.00. The molecule has 2 heteroatoms. The average Bonchev–Trinajstić information content (AvgIpc) is 2.53. The molecule has 12 heavy (non-hydrogen) atoms. The summed E-state index contributed by atoms with van der Waals surface area (Å²) in [5, 5.41) is 13.3. The first-order chi connectivity index (χ1) is 5.86. The van der Waals surface area contributed by atoms with E-state index in [0.29, 0.717) is 5.92 Å². The summed E-state index contributed by atoms with van der Waals surface area (Å²) in [6.45, 7) is 2.39. The van der Waals surface area contributed by atoms with Crippen LogP contribution in [-0.4, -0.2) is 24.3 Å². The zero-order chi connectivity index (χ0) is 8.13. The van der Waals surface area contributed by atoms with Crippen molar-refractivity contribution in [3.8, 4) is 0 Å². The van der Waals surface area contributed by atoms with E-state index in [0.717, 1.165) is 24.2 Å². The molecule has 3 aliphatic carbocycles. The fourth-order valence-corrected chi connectivity index (χ4v) is 3.79. The molecule has 2 nitrogen and oxygen atoms in total. The van der Waals surface area contributed by atoms with Crippen molar-refractivity contribution < 1.29 is 5.11 Å². The molecule has 0 radical (unpaired) electrons. The van der Waals surface area contributed by atoms with Gasteiger partial charge in [-0.05, 0) is 56.0 Å². The lowest BCUT2D eigenvalue weighted by Crippen LogP contribution is -2.47. The Morgan fingerprint density at radius 3 is 2.67 bits per heavy atom. The van der Waals surface area contributed by atoms with Crippen LogP contribution in [0.15, 0.2) is 0 Å². The van der Waals surface area contributed by atoms with Gasteiger partial charge in [-0.2, -0.15) is 0 Å². The Hall–Kier alpha value is -0.0800. The third kappa shape index (κ3) is 0.826. The molecule has 1 aliphatic heterocycles. The lowest BCUT2D eigenvalue weighted by Gasteiger charge is -2.48. The molecule has 4 fully saturated rings. The number of hydrogen-bond acceptors (Lipinski definition) is 2. The van der Waals surface area contributed by atoms with E-state index in [1.54, 1.807) is 0 Å². The summed E-state index contributed by atoms with van der Waals surface area (Å²) in [7, 11) is 0. The molecule has 0 aromatic carbocycles. The molecule has 1 saturated heterocycles. The molecule has 2 bridgehead atoms. The number of hydrogen-bond donors (Lipinski definition) is 2. The molecule has 4 aliphatic rings. The van der Waals surface area contributed by atoms with Gasteiger partial charge in [0, 0.05) is 0 Å². The Balaban J connectivity index is 1.90. The Morgan fingerprint density at radius 1 is 1.00 bits per heavy atom. The highest BCUT2D eigenvalue weighted by atomic mass is 16.3. The highest BCUT2D eigenvalue weighted by Crippen LogP contribution is 2.49. The first kappa shape index (κ1) is 7.34. The maximum atomic E-state index is 9.82. The van der Waals surface area contributed by atoms with E-state index in [4.69, 9.17) is 0 Å². The number of rotatable bonds is 0. The van der Waals surface area contributed by atoms with Crippen molar-refractivity contribution in [2.24, 2.45) is 23.7 Å². The number of nitrogens with one attached hydrogen (secondary N) is 1. The Morgan fingerprint density at radius 2 is 1.83 bits per heavy atom. The molecule has 2 N–H and O–H groups in total. The van der Waals surface area contributed by atoms with Crippen molar-refractivity contribution in [3.63, 3.8) is 0 Å². The van der Waals surface area contributed by atoms with E-state index in [-0.39, 0.29) is 6.10 Å². The van der Waals surface area contributed by atoms with Crippen LogP contribution in [0.4, 0.5) is 0 Å². The van der Waals surface area contributed by atoms with Crippen molar-refractivity contribution in [2.75, 3.05) is 13.1 Å². The monoisotopic (exact) mass is 167 g/mol. The summed E-state index contributed by atoms with van der Waals surface area (Å²) in [6, 6.07) is 0. The number of aliphatic hydroxyl groups excluding tert-OH is 1. The first-order valence-electron chi connectivity index (χ1n) is 5.25. The molecule has 0 aromatic heterocycles. The van der Waals surface area contributed by atoms with Gasteiger partial charge >= 0.3 is 0 Å². The highest BCUT2D eigenvalue weighted by molar-refractivity contribution is 5.01. The van der Waals surface area contributed by atoms with Crippen LogP contribution >= 0.6 is 0 Å². The Kier molecular flexibility index (Phi) is 1.50. The third-order valence-electron chi connectivity index (χ3n) is 4.37. The van der Waals surface area contributed by atoms with Crippen LogP contribution in [0.2, 0.25) is 0 Å². The summed E-state index contributed by atoms with van der Waals surface area (Å²) >= 11 is 0. The summed E-state index contributed by atoms with van der Waals surface area (Å²) < 4.78 is 0. The molecule has 4 rings (SSSR count). The van der Waals surface area contributed by atoms with Crippen molar-refractivity contribution in [3.05, 3.63) is 0 Å². The number of aliphatic hydroxyl groups is 1. The van der Waals surface area contributed by atoms with E-state index in [9.17, 15) is 5.11 Å². The fourth-order valence-electron chi connectivity index (χ4n) is 3.79. The summed E-state index contributed by atoms with van der Waals surface area (Å²) in [4.78, 5) is 0. The molecule has 1 heterocycles. The molecule has 0 unspecified atom stereocenters. The predicted octanol–water partition coefficient (Wildman–Crippen LogP) is 0.613. The van der Waals surface area contributed by atoms with Crippen molar-refractivity contribution in [1.82, 2.24) is 5.32 Å². The van der Waals surface area contributed by atoms with Crippen LogP contribution in [0.5, 0.6) is 0 Å². The van der Waals surface area contributed by atoms with Gasteiger partial charge < -0.3 is 10.4 Å². The SMILES string of the molecule is O[C@@H]1C[C@H]2CC[C@@H]1[C@H]1CNC[C@@H]21. The minimum absolute atomic E-state index is 0.0323. The molecule has 0 aromatic rings. The van der Waals surface area contributed by atoms with Gasteiger partial charge in [-0.25, -0.2) is 0 Å². The minimum atomic E-state index is 0.0323. The van der Waals surface area contributed by atoms with Crippen LogP contribution in [0.25, 0.3) is 0 Å². The van der Waals surface area contributed by atoms with Gasteiger partial charge in [0.1, 0.15) is 0 Å². The third-order valence-corrected chi connectivity index (χ3v) is 4.37. The van der Waals surface area contributed by atoms with Crippen molar-refractivity contribution in [1.29, 1.82) is 0 Å². The van der Waals surface area contributed by atoms with Crippen LogP contribution < -0.4 is 5.32 Å². The summed E-state index contributed by atoms with van der Waals surface area (Å²) in [6.07, 6.45) is 3.79. The topological polar surface area (TPSA) is 32.3 Å². The van der Waals surface area contributed by atoms with Crippen molar-refractivity contribution in [2.45, 2.75) is 25.4 Å². The van der Waals surface area contributed by atoms with Gasteiger partial charge in [-0.15, -0.1) is 0 Å². The van der Waals surface area contributed by atoms with E-state index >= 15 is 0 Å². The average molecular weight is 167 g/mol. The van der Waals surface area contributed by atoms with Gasteiger partial charge in [0.25, 0.3) is 0 Å². The predicted molar refractivity (Wildman–Crippen MR) is 46.7 cm³/mol. The summed E-state index contributed by atoms with van der Waals surface area (Å²) in [5.41, 5.74) is 0. The van der Waals surface area contributed by atoms with Gasteiger partial charge in [0.15, 0.2) is 0 Å². The van der Waals surface area contributed by atoms with Crippen molar-refractivity contribution >= 4 is 0 Å². The van der Waals surface area contributed by atoms with E-state index < -0.39 is 0 Å². The zero-order valence-electron chi connectivity index (χ0n) is 7.37. The second kappa shape index (κ2) is 2.46. The quantitative estimate of drug-likeness (QED) is 0.554. The first-order valence-corrected chi connectivity index (χ1v) is 5.25. The van der Waals surface area contributed by atoms with Crippen LogP contribution in [-0.2, 0) is 0 Å². The maximum absolute atomic E-state index is 9.82. The van der Waals surface area contributed by atoms with E-state index in [1.165, 1.54) is 25.9 Å². The van der Waals surface area contributed by atoms with Crippen LogP contribution in [0.1, 0.15) is 19.3 Å². The highest BCUT2D eigenvalue weighted by Gasteiger charge is 2.49. The molecule has 3 saturated carbocycles. The lowest BCUT2D eigenvalue weighted by molar-refractivity contribution is -0.0574. The zero-order valence-corrected chi connectivity index (χ0v) is 7.37. The standard InChI is InChI=1S/C10H17NO/c12-10-3-6-1-2-7(10)9-5-11-4-8(6)9/h6-12H,1-5H2/t6-,7-,8+,9-,10-/m1/s1.